The number of hydrogen-bond donors (Lipinski definition) is 0. The fourth-order valence-electron chi connectivity index (χ4n) is 12.6. The van der Waals surface area contributed by atoms with E-state index in [1.54, 1.807) is 14.2 Å². The van der Waals surface area contributed by atoms with Crippen LogP contribution >= 0.6 is 0 Å². The molecule has 6 heteroatoms. The van der Waals surface area contributed by atoms with E-state index >= 15 is 0 Å². The van der Waals surface area contributed by atoms with E-state index in [0.717, 1.165) is 75.6 Å². The van der Waals surface area contributed by atoms with Gasteiger partial charge in [0, 0.05) is 51.3 Å². The van der Waals surface area contributed by atoms with Gasteiger partial charge in [-0.25, -0.2) is 0 Å². The molecule has 6 nitrogen and oxygen atoms in total. The molecule has 0 saturated carbocycles. The third-order valence-corrected chi connectivity index (χ3v) is 17.0. The molecule has 0 aliphatic heterocycles. The van der Waals surface area contributed by atoms with Gasteiger partial charge in [-0.2, -0.15) is 0 Å². The van der Waals surface area contributed by atoms with Crippen molar-refractivity contribution in [3.63, 3.8) is 0 Å². The van der Waals surface area contributed by atoms with E-state index < -0.39 is 0 Å². The second-order valence-electron chi connectivity index (χ2n) is 22.7. The van der Waals surface area contributed by atoms with E-state index in [9.17, 15) is 19.2 Å². The molecular weight excluding hydrogens is 1010 g/mol. The number of carbonyl (C=O) groups excluding carboxylic acids is 4. The molecule has 10 aromatic rings. The minimum Gasteiger partial charge on any atom is -0.497 e. The molecule has 14 rings (SSSR count). The number of hydrogen-bond acceptors (Lipinski definition) is 6. The number of rotatable bonds is 6. The minimum atomic E-state index is 0.0793. The van der Waals surface area contributed by atoms with Crippen molar-refractivity contribution in [3.8, 4) is 56.0 Å². The smallest absolute Gasteiger partial charge is 0.166 e. The van der Waals surface area contributed by atoms with Crippen molar-refractivity contribution >= 4 is 44.7 Å². The molecule has 10 aromatic carbocycles. The van der Waals surface area contributed by atoms with Crippen molar-refractivity contribution in [2.24, 2.45) is 23.7 Å². The van der Waals surface area contributed by atoms with Gasteiger partial charge in [0.05, 0.1) is 14.2 Å². The summed E-state index contributed by atoms with van der Waals surface area (Å²) in [6.45, 7) is 12.2. The average molecular weight is 1080 g/mol. The Kier molecular flexibility index (Phi) is 15.6. The lowest BCUT2D eigenvalue weighted by Gasteiger charge is -2.13. The highest BCUT2D eigenvalue weighted by Gasteiger charge is 2.32. The van der Waals surface area contributed by atoms with E-state index in [0.29, 0.717) is 11.6 Å². The number of Topliss-reactive ketones (excluding diaryl/α,β-unsaturated/α-hetero) is 4. The second-order valence-corrected chi connectivity index (χ2v) is 22.7. The topological polar surface area (TPSA) is 86.7 Å². The molecule has 0 spiro atoms. The van der Waals surface area contributed by atoms with Crippen molar-refractivity contribution in [3.05, 3.63) is 250 Å². The monoisotopic (exact) mass is 1080 g/mol. The van der Waals surface area contributed by atoms with Gasteiger partial charge in [-0.1, -0.05) is 209 Å². The summed E-state index contributed by atoms with van der Waals surface area (Å²) in [5, 5.41) is 4.60. The normalized spacial score (nSPS) is 17.2. The van der Waals surface area contributed by atoms with Crippen LogP contribution in [0.4, 0.5) is 0 Å². The Morgan fingerprint density at radius 2 is 0.732 bits per heavy atom. The molecule has 4 aliphatic rings. The Hall–Kier alpha value is -9.00. The molecule has 0 saturated heterocycles. The Bertz CT molecular complexity index is 4140. The quantitative estimate of drug-likeness (QED) is 0.165. The highest BCUT2D eigenvalue weighted by atomic mass is 16.5. The van der Waals surface area contributed by atoms with E-state index in [4.69, 9.17) is 9.47 Å². The van der Waals surface area contributed by atoms with Crippen LogP contribution in [0.2, 0.25) is 0 Å². The first-order valence-corrected chi connectivity index (χ1v) is 28.6. The maximum atomic E-state index is 12.3. The third-order valence-electron chi connectivity index (χ3n) is 17.0. The zero-order valence-electron chi connectivity index (χ0n) is 48.1. The van der Waals surface area contributed by atoms with Gasteiger partial charge in [-0.15, -0.1) is 0 Å². The first kappa shape index (κ1) is 54.9. The van der Waals surface area contributed by atoms with Crippen molar-refractivity contribution in [1.82, 2.24) is 0 Å². The van der Waals surface area contributed by atoms with Crippen LogP contribution in [0, 0.1) is 37.5 Å². The molecule has 408 valence electrons. The van der Waals surface area contributed by atoms with Gasteiger partial charge < -0.3 is 9.47 Å². The summed E-state index contributed by atoms with van der Waals surface area (Å²) >= 11 is 0. The summed E-state index contributed by atoms with van der Waals surface area (Å²) < 4.78 is 10.8. The van der Waals surface area contributed by atoms with Crippen molar-refractivity contribution in [2.45, 2.75) is 67.2 Å². The first-order valence-electron chi connectivity index (χ1n) is 28.6. The van der Waals surface area contributed by atoms with Gasteiger partial charge in [0.1, 0.15) is 11.5 Å². The number of ketones is 4. The predicted octanol–water partition coefficient (Wildman–Crippen LogP) is 17.9. The highest BCUT2D eigenvalue weighted by molar-refractivity contribution is 6.08. The Labute approximate surface area is 481 Å². The van der Waals surface area contributed by atoms with Gasteiger partial charge in [-0.05, 0) is 147 Å². The Morgan fingerprint density at radius 3 is 1.23 bits per heavy atom. The first-order chi connectivity index (χ1) is 39.7. The highest BCUT2D eigenvalue weighted by Crippen LogP contribution is 2.42. The molecule has 0 heterocycles. The molecular formula is C76H68O6. The Morgan fingerprint density at radius 1 is 0.317 bits per heavy atom. The summed E-state index contributed by atoms with van der Waals surface area (Å²) in [5.41, 5.74) is 20.5. The number of benzene rings is 10. The molecule has 0 N–H and O–H groups in total. The number of fused-ring (bicyclic) bond motifs is 6. The van der Waals surface area contributed by atoms with Crippen LogP contribution in [0.25, 0.3) is 66.1 Å². The molecule has 4 unspecified atom stereocenters. The molecule has 0 amide bonds. The summed E-state index contributed by atoms with van der Waals surface area (Å²) in [7, 11) is 3.38. The molecule has 0 aromatic heterocycles. The lowest BCUT2D eigenvalue weighted by molar-refractivity contribution is 0.0939. The van der Waals surface area contributed by atoms with Gasteiger partial charge in [-0.3, -0.25) is 19.2 Å². The average Bonchev–Trinajstić information content (AvgIpc) is 4.38. The van der Waals surface area contributed by atoms with Gasteiger partial charge in [0.2, 0.25) is 0 Å². The SMILES string of the molecule is COc1ccc(-c2cccc3c2CC(C)C3=O)c2ccccc12.COc1ccc2cc(-c3cccc4c3CC(C)C4=O)ccc2c1.Cc1ccc(-c2cccc3c2CC(C)C3=O)cc1.Cc1cccc(-c2cccc3c2CC(C)C3=O)c1. The molecule has 0 radical (unpaired) electrons. The van der Waals surface area contributed by atoms with E-state index in [-0.39, 0.29) is 35.2 Å². The maximum Gasteiger partial charge on any atom is 0.166 e. The molecule has 4 atom stereocenters. The number of aryl methyl sites for hydroxylation is 2. The standard InChI is InChI=1S/2C21H18O2.2C17H16O/c1-13-12-19-15(8-5-9-18(19)21(13)22)16-10-11-20(23-2)17-7-4-3-6-14(16)17;1-13-10-20-18(4-3-5-19(20)21(13)22)16-7-6-15-12-17(23-2)9-8-14(15)11-16;1-11-5-3-6-13(9-11)14-7-4-8-15-16(14)10-12(2)17(15)18;1-11-6-8-13(9-7-11)14-4-3-5-15-16(14)10-12(2)17(15)18/h3-11,13H,12H2,1-2H3;3-9,11-13H,10H2,1-2H3;2*3-9,12H,10H2,1-2H3. The molecule has 0 bridgehead atoms. The van der Waals surface area contributed by atoms with E-state index in [1.165, 1.54) is 83.3 Å². The fraction of sp³-hybridized carbons (Fsp3) is 0.211. The third kappa shape index (κ3) is 10.6. The van der Waals surface area contributed by atoms with Crippen LogP contribution in [0.3, 0.4) is 0 Å². The summed E-state index contributed by atoms with van der Waals surface area (Å²) in [5.74, 6) is 3.29. The van der Waals surface area contributed by atoms with Gasteiger partial charge in [0.25, 0.3) is 0 Å². The van der Waals surface area contributed by atoms with Gasteiger partial charge in [0.15, 0.2) is 23.1 Å². The second kappa shape index (κ2) is 23.2. The Balaban J connectivity index is 0.000000115. The minimum absolute atomic E-state index is 0.0793. The van der Waals surface area contributed by atoms with Crippen LogP contribution in [-0.2, 0) is 25.7 Å². The van der Waals surface area contributed by atoms with Crippen molar-refractivity contribution in [2.75, 3.05) is 14.2 Å². The van der Waals surface area contributed by atoms with Crippen LogP contribution in [0.1, 0.15) is 103 Å². The predicted molar refractivity (Wildman–Crippen MR) is 334 cm³/mol. The van der Waals surface area contributed by atoms with E-state index in [2.05, 4.69) is 129 Å². The van der Waals surface area contributed by atoms with Crippen LogP contribution in [-0.4, -0.2) is 37.4 Å². The molecule has 0 fully saturated rings. The number of ether oxygens (including phenoxy) is 2. The van der Waals surface area contributed by atoms with E-state index in [1.807, 2.05) is 107 Å². The largest absolute Gasteiger partial charge is 0.497 e. The zero-order chi connectivity index (χ0) is 57.3. The van der Waals surface area contributed by atoms with Crippen molar-refractivity contribution in [1.29, 1.82) is 0 Å². The fourth-order valence-corrected chi connectivity index (χ4v) is 12.6. The summed E-state index contributed by atoms with van der Waals surface area (Å²) in [6, 6.07) is 66.2. The van der Waals surface area contributed by atoms with Crippen LogP contribution < -0.4 is 9.47 Å². The number of methoxy groups -OCH3 is 2. The lowest BCUT2D eigenvalue weighted by Crippen LogP contribution is -2.02. The summed E-state index contributed by atoms with van der Waals surface area (Å²) in [4.78, 5) is 48.7. The lowest BCUT2D eigenvalue weighted by atomic mass is 9.92. The molecule has 82 heavy (non-hydrogen) atoms. The number of carbonyl (C=O) groups is 4. The summed E-state index contributed by atoms with van der Waals surface area (Å²) in [6.07, 6.45) is 3.41. The zero-order valence-corrected chi connectivity index (χ0v) is 48.1. The van der Waals surface area contributed by atoms with Gasteiger partial charge >= 0.3 is 0 Å². The molecule has 4 aliphatic carbocycles. The van der Waals surface area contributed by atoms with Crippen LogP contribution in [0.15, 0.2) is 194 Å². The maximum absolute atomic E-state index is 12.3. The van der Waals surface area contributed by atoms with Crippen molar-refractivity contribution < 1.29 is 28.7 Å². The van der Waals surface area contributed by atoms with Crippen LogP contribution in [0.5, 0.6) is 11.5 Å².